The van der Waals surface area contributed by atoms with Gasteiger partial charge >= 0.3 is 0 Å². The first kappa shape index (κ1) is 16.1. The Hall–Kier alpha value is -3.70. The van der Waals surface area contributed by atoms with Crippen LogP contribution in [-0.2, 0) is 19.2 Å². The van der Waals surface area contributed by atoms with E-state index in [0.717, 1.165) is 10.0 Å². The fraction of sp³-hybridized carbons (Fsp3) is 0.444. The number of amides is 4. The molecule has 2 saturated carbocycles. The zero-order chi connectivity index (χ0) is 20.3. The van der Waals surface area contributed by atoms with Gasteiger partial charge in [-0.1, -0.05) is 12.2 Å². The minimum atomic E-state index is -0.538. The van der Waals surface area contributed by atoms with Crippen LogP contribution in [0.1, 0.15) is 0 Å². The molecule has 2 aromatic rings. The Morgan fingerprint density at radius 2 is 0.867 bits per heavy atom. The lowest BCUT2D eigenvalue weighted by Crippen LogP contribution is -2.63. The normalized spacial score (nSPS) is 40.7. The number of rotatable bonds is 2. The predicted molar refractivity (Wildman–Crippen MR) is 93.6 cm³/mol. The Morgan fingerprint density at radius 1 is 0.533 bits per heavy atom. The van der Waals surface area contributed by atoms with Gasteiger partial charge in [0.05, 0.1) is 23.7 Å². The van der Waals surface area contributed by atoms with E-state index in [-0.39, 0.29) is 47.3 Å². The van der Waals surface area contributed by atoms with Crippen molar-refractivity contribution in [2.45, 2.75) is 0 Å². The number of fused-ring (bicyclic) bond motifs is 1. The van der Waals surface area contributed by atoms with E-state index in [1.807, 2.05) is 12.2 Å². The summed E-state index contributed by atoms with van der Waals surface area (Å²) in [5.74, 6) is -4.06. The molecule has 12 heteroatoms. The lowest BCUT2D eigenvalue weighted by Gasteiger charge is -2.60. The number of hydrogen-bond donors (Lipinski definition) is 0. The average molecular weight is 406 g/mol. The third-order valence-corrected chi connectivity index (χ3v) is 7.57. The van der Waals surface area contributed by atoms with Crippen molar-refractivity contribution in [1.29, 1.82) is 0 Å². The second kappa shape index (κ2) is 5.07. The molecule has 2 aromatic heterocycles. The van der Waals surface area contributed by atoms with Gasteiger partial charge in [0, 0.05) is 0 Å². The molecular weight excluding hydrogens is 392 g/mol. The molecule has 30 heavy (non-hydrogen) atoms. The Balaban J connectivity index is 1.29. The van der Waals surface area contributed by atoms with E-state index in [2.05, 4.69) is 20.4 Å². The lowest BCUT2D eigenvalue weighted by molar-refractivity contribution is -0.166. The van der Waals surface area contributed by atoms with Crippen LogP contribution in [-0.4, -0.2) is 53.4 Å². The molecule has 0 spiro atoms. The fourth-order valence-corrected chi connectivity index (χ4v) is 6.62. The second-order valence-electron chi connectivity index (χ2n) is 8.46. The maximum atomic E-state index is 13.2. The molecule has 0 unspecified atom stereocenters. The smallest absolute Gasteiger partial charge is 0.253 e. The maximum Gasteiger partial charge on any atom is 0.253 e. The van der Waals surface area contributed by atoms with Crippen molar-refractivity contribution in [3.63, 3.8) is 0 Å². The summed E-state index contributed by atoms with van der Waals surface area (Å²) in [4.78, 5) is 52.7. The molecule has 8 rings (SSSR count). The second-order valence-corrected chi connectivity index (χ2v) is 8.46. The highest BCUT2D eigenvalue weighted by Crippen LogP contribution is 2.67. The van der Waals surface area contributed by atoms with E-state index in [4.69, 9.17) is 0 Å². The van der Waals surface area contributed by atoms with Gasteiger partial charge in [-0.3, -0.25) is 19.2 Å². The molecule has 6 aliphatic rings. The number of aromatic nitrogens is 6. The van der Waals surface area contributed by atoms with Crippen LogP contribution in [0, 0.1) is 47.3 Å². The Labute approximate surface area is 168 Å². The molecule has 0 aromatic carbocycles. The highest BCUT2D eigenvalue weighted by Gasteiger charge is 2.75. The summed E-state index contributed by atoms with van der Waals surface area (Å²) < 4.78 is 2.60. The molecule has 8 atom stereocenters. The predicted octanol–water partition coefficient (Wildman–Crippen LogP) is -1.89. The molecule has 2 bridgehead atoms. The summed E-state index contributed by atoms with van der Waals surface area (Å²) >= 11 is 0. The van der Waals surface area contributed by atoms with Crippen molar-refractivity contribution < 1.29 is 19.2 Å². The summed E-state index contributed by atoms with van der Waals surface area (Å²) in [5.41, 5.74) is 0. The SMILES string of the molecule is O=C1[C@H]2[C@H]3C=C[C@@H]([C@@H]2C(=O)N1n1cnnc1)[C@H]1[C@H]2C(=O)N(n4cnnc4)C(=O)[C@@H]2[C@H]31. The van der Waals surface area contributed by atoms with E-state index in [1.54, 1.807) is 0 Å². The summed E-state index contributed by atoms with van der Waals surface area (Å²) in [6, 6.07) is 0. The van der Waals surface area contributed by atoms with Crippen LogP contribution in [0.3, 0.4) is 0 Å². The topological polar surface area (TPSA) is 136 Å². The number of allylic oxidation sites excluding steroid dienone is 2. The summed E-state index contributed by atoms with van der Waals surface area (Å²) in [6.07, 6.45) is 9.18. The third-order valence-electron chi connectivity index (χ3n) is 7.57. The molecule has 4 aliphatic carbocycles. The highest BCUT2D eigenvalue weighted by atomic mass is 16.2. The highest BCUT2D eigenvalue weighted by molar-refractivity contribution is 6.20. The van der Waals surface area contributed by atoms with Gasteiger partial charge in [-0.2, -0.15) is 10.0 Å². The molecule has 2 saturated heterocycles. The van der Waals surface area contributed by atoms with Gasteiger partial charge in [0.25, 0.3) is 23.6 Å². The zero-order valence-electron chi connectivity index (χ0n) is 15.3. The van der Waals surface area contributed by atoms with Crippen molar-refractivity contribution in [2.75, 3.05) is 10.0 Å². The van der Waals surface area contributed by atoms with Crippen LogP contribution >= 0.6 is 0 Å². The number of carbonyl (C=O) groups excluding carboxylic acids is 4. The van der Waals surface area contributed by atoms with E-state index in [9.17, 15) is 19.2 Å². The van der Waals surface area contributed by atoms with Crippen LogP contribution in [0.4, 0.5) is 0 Å². The van der Waals surface area contributed by atoms with Crippen LogP contribution in [0.15, 0.2) is 37.5 Å². The van der Waals surface area contributed by atoms with E-state index in [0.29, 0.717) is 0 Å². The van der Waals surface area contributed by atoms with Gasteiger partial charge in [0.2, 0.25) is 0 Å². The van der Waals surface area contributed by atoms with E-state index in [1.165, 1.54) is 34.7 Å². The quantitative estimate of drug-likeness (QED) is 0.417. The molecule has 4 heterocycles. The van der Waals surface area contributed by atoms with Gasteiger partial charge in [0.1, 0.15) is 25.3 Å². The molecule has 12 nitrogen and oxygen atoms in total. The Kier molecular flexibility index (Phi) is 2.73. The molecule has 2 aliphatic heterocycles. The molecule has 4 fully saturated rings. The number of nitrogens with zero attached hydrogens (tertiary/aromatic N) is 8. The third kappa shape index (κ3) is 1.58. The zero-order valence-corrected chi connectivity index (χ0v) is 15.3. The first-order valence-corrected chi connectivity index (χ1v) is 9.73. The fourth-order valence-electron chi connectivity index (χ4n) is 6.62. The Bertz CT molecular complexity index is 1100. The minimum Gasteiger partial charge on any atom is -0.272 e. The van der Waals surface area contributed by atoms with Crippen molar-refractivity contribution >= 4 is 23.6 Å². The number of hydrogen-bond acceptors (Lipinski definition) is 8. The number of imide groups is 2. The van der Waals surface area contributed by atoms with E-state index >= 15 is 0 Å². The van der Waals surface area contributed by atoms with Gasteiger partial charge < -0.3 is 0 Å². The monoisotopic (exact) mass is 406 g/mol. The molecule has 0 radical (unpaired) electrons. The van der Waals surface area contributed by atoms with Crippen molar-refractivity contribution in [3.05, 3.63) is 37.5 Å². The van der Waals surface area contributed by atoms with E-state index < -0.39 is 23.7 Å². The maximum absolute atomic E-state index is 13.2. The minimum absolute atomic E-state index is 0.137. The van der Waals surface area contributed by atoms with Gasteiger partial charge in [-0.05, 0) is 23.7 Å². The van der Waals surface area contributed by atoms with Crippen LogP contribution in [0.25, 0.3) is 0 Å². The molecule has 150 valence electrons. The lowest BCUT2D eigenvalue weighted by atomic mass is 9.40. The molecular formula is C18H14N8O4. The average Bonchev–Trinajstić information content (AvgIpc) is 3.47. The van der Waals surface area contributed by atoms with Crippen molar-refractivity contribution in [3.8, 4) is 0 Å². The summed E-state index contributed by atoms with van der Waals surface area (Å²) in [6.45, 7) is 0. The van der Waals surface area contributed by atoms with Crippen LogP contribution in [0.5, 0.6) is 0 Å². The van der Waals surface area contributed by atoms with Crippen LogP contribution in [0.2, 0.25) is 0 Å². The van der Waals surface area contributed by atoms with Crippen molar-refractivity contribution in [1.82, 2.24) is 29.7 Å². The Morgan fingerprint density at radius 3 is 1.23 bits per heavy atom. The standard InChI is InChI=1S/C18H14N8O4/c27-15-11-7-1-2-8(12(11)16(28)25(15)23-3-19-20-4-23)10-9(7)13-14(10)18(30)26(17(13)29)24-5-21-22-6-24/h1-14H/t7-,8+,9-,10-,11+,12+,13-,14-/m1/s1. The number of carbonyl (C=O) groups is 4. The first-order valence-electron chi connectivity index (χ1n) is 9.73. The molecule has 4 amide bonds. The van der Waals surface area contributed by atoms with Gasteiger partial charge in [0.15, 0.2) is 0 Å². The van der Waals surface area contributed by atoms with Gasteiger partial charge in [-0.15, -0.1) is 20.4 Å². The van der Waals surface area contributed by atoms with Crippen molar-refractivity contribution in [2.24, 2.45) is 47.3 Å². The largest absolute Gasteiger partial charge is 0.272 e. The van der Waals surface area contributed by atoms with Gasteiger partial charge in [-0.25, -0.2) is 9.35 Å². The van der Waals surface area contributed by atoms with Crippen LogP contribution < -0.4 is 10.0 Å². The first-order chi connectivity index (χ1) is 14.6. The summed E-state index contributed by atoms with van der Waals surface area (Å²) in [7, 11) is 0. The summed E-state index contributed by atoms with van der Waals surface area (Å²) in [5, 5.41) is 16.9. The molecule has 0 N–H and O–H groups in total.